The highest BCUT2D eigenvalue weighted by Crippen LogP contribution is 2.31. The number of carbonyl (C=O) groups is 2. The second-order valence-corrected chi connectivity index (χ2v) is 4.92. The van der Waals surface area contributed by atoms with E-state index < -0.39 is 36.5 Å². The van der Waals surface area contributed by atoms with Gasteiger partial charge in [-0.05, 0) is 12.1 Å². The zero-order chi connectivity index (χ0) is 17.9. The van der Waals surface area contributed by atoms with Gasteiger partial charge in [0.1, 0.15) is 6.54 Å². The summed E-state index contributed by atoms with van der Waals surface area (Å²) in [6.07, 6.45) is -4.75. The van der Waals surface area contributed by atoms with Gasteiger partial charge in [-0.25, -0.2) is 9.78 Å². The van der Waals surface area contributed by atoms with Crippen LogP contribution in [-0.4, -0.2) is 46.3 Å². The number of halogens is 3. The molecule has 0 saturated carbocycles. The quantitative estimate of drug-likeness (QED) is 0.822. The van der Waals surface area contributed by atoms with Crippen molar-refractivity contribution in [2.45, 2.75) is 18.8 Å². The third kappa shape index (κ3) is 3.82. The lowest BCUT2D eigenvalue weighted by Crippen LogP contribution is -2.45. The molecule has 24 heavy (non-hydrogen) atoms. The summed E-state index contributed by atoms with van der Waals surface area (Å²) < 4.78 is 44.7. The van der Waals surface area contributed by atoms with E-state index in [1.54, 1.807) is 0 Å². The Morgan fingerprint density at radius 3 is 2.62 bits per heavy atom. The van der Waals surface area contributed by atoms with E-state index in [0.717, 1.165) is 0 Å². The molecule has 1 aromatic carbocycles. The van der Waals surface area contributed by atoms with Crippen molar-refractivity contribution < 1.29 is 32.6 Å². The van der Waals surface area contributed by atoms with Crippen LogP contribution in [0, 0.1) is 0 Å². The smallest absolute Gasteiger partial charge is 0.449 e. The second-order valence-electron chi connectivity index (χ2n) is 4.92. The predicted molar refractivity (Wildman–Crippen MR) is 76.2 cm³/mol. The molecule has 0 radical (unpaired) electrons. The number of alkyl halides is 3. The summed E-state index contributed by atoms with van der Waals surface area (Å²) in [5, 5.41) is 11.1. The number of fused-ring (bicyclic) bond motifs is 1. The topological polar surface area (TPSA) is 93.5 Å². The van der Waals surface area contributed by atoms with Crippen LogP contribution in [0.4, 0.5) is 13.2 Å². The minimum Gasteiger partial charge on any atom is -0.480 e. The number of nitrogens with one attached hydrogen (secondary N) is 1. The zero-order valence-corrected chi connectivity index (χ0v) is 12.5. The van der Waals surface area contributed by atoms with Crippen LogP contribution in [0.5, 0.6) is 0 Å². The van der Waals surface area contributed by atoms with Gasteiger partial charge in [0, 0.05) is 7.11 Å². The molecule has 0 bridgehead atoms. The lowest BCUT2D eigenvalue weighted by atomic mass is 10.3. The van der Waals surface area contributed by atoms with E-state index in [2.05, 4.69) is 15.0 Å². The predicted octanol–water partition coefficient (Wildman–Crippen LogP) is 1.27. The molecule has 2 rings (SSSR count). The van der Waals surface area contributed by atoms with Gasteiger partial charge in [-0.3, -0.25) is 4.79 Å². The molecule has 130 valence electrons. The molecule has 0 aliphatic heterocycles. The van der Waals surface area contributed by atoms with Crippen molar-refractivity contribution in [2.24, 2.45) is 0 Å². The summed E-state index contributed by atoms with van der Waals surface area (Å²) >= 11 is 0. The fraction of sp³-hybridized carbons (Fsp3) is 0.357. The Bertz CT molecular complexity index is 757. The molecule has 0 saturated heterocycles. The molecule has 0 spiro atoms. The SMILES string of the molecule is COCC(NC(=O)Cn1c(C(F)(F)F)nc2ccccc21)C(=O)O. The van der Waals surface area contributed by atoms with Crippen molar-refractivity contribution in [1.82, 2.24) is 14.9 Å². The molecule has 0 aliphatic carbocycles. The van der Waals surface area contributed by atoms with E-state index in [9.17, 15) is 22.8 Å². The van der Waals surface area contributed by atoms with Crippen molar-refractivity contribution in [1.29, 1.82) is 0 Å². The van der Waals surface area contributed by atoms with Crippen molar-refractivity contribution in [3.8, 4) is 0 Å². The Morgan fingerprint density at radius 2 is 2.04 bits per heavy atom. The number of aliphatic carboxylic acids is 1. The first-order chi connectivity index (χ1) is 11.2. The molecule has 7 nitrogen and oxygen atoms in total. The van der Waals surface area contributed by atoms with Gasteiger partial charge in [-0.15, -0.1) is 0 Å². The van der Waals surface area contributed by atoms with Gasteiger partial charge in [0.15, 0.2) is 6.04 Å². The molecule has 1 aromatic heterocycles. The Balaban J connectivity index is 2.31. The highest BCUT2D eigenvalue weighted by Gasteiger charge is 2.38. The van der Waals surface area contributed by atoms with E-state index in [1.807, 2.05) is 0 Å². The number of amides is 1. The van der Waals surface area contributed by atoms with Crippen LogP contribution in [0.15, 0.2) is 24.3 Å². The zero-order valence-electron chi connectivity index (χ0n) is 12.5. The second kappa shape index (κ2) is 6.87. The average Bonchev–Trinajstić information content (AvgIpc) is 2.86. The van der Waals surface area contributed by atoms with Crippen molar-refractivity contribution >= 4 is 22.9 Å². The maximum Gasteiger partial charge on any atom is 0.449 e. The molecule has 0 fully saturated rings. The lowest BCUT2D eigenvalue weighted by molar-refractivity contribution is -0.148. The highest BCUT2D eigenvalue weighted by molar-refractivity contribution is 5.85. The van der Waals surface area contributed by atoms with Crippen molar-refractivity contribution in [3.63, 3.8) is 0 Å². The van der Waals surface area contributed by atoms with Gasteiger partial charge in [0.05, 0.1) is 17.6 Å². The number of nitrogens with zero attached hydrogens (tertiary/aromatic N) is 2. The fourth-order valence-corrected chi connectivity index (χ4v) is 2.18. The van der Waals surface area contributed by atoms with Crippen LogP contribution in [0.2, 0.25) is 0 Å². The number of carbonyl (C=O) groups excluding carboxylic acids is 1. The van der Waals surface area contributed by atoms with E-state index in [1.165, 1.54) is 31.4 Å². The number of carboxylic acid groups (broad SMARTS) is 1. The average molecular weight is 345 g/mol. The largest absolute Gasteiger partial charge is 0.480 e. The summed E-state index contributed by atoms with van der Waals surface area (Å²) in [6.45, 7) is -1.03. The number of imidazole rings is 1. The van der Waals surface area contributed by atoms with E-state index in [0.29, 0.717) is 4.57 Å². The number of hydrogen-bond donors (Lipinski definition) is 2. The number of methoxy groups -OCH3 is 1. The summed E-state index contributed by atoms with van der Waals surface area (Å²) in [4.78, 5) is 26.5. The summed E-state index contributed by atoms with van der Waals surface area (Å²) in [6, 6.07) is 4.48. The van der Waals surface area contributed by atoms with Crippen molar-refractivity contribution in [3.05, 3.63) is 30.1 Å². The minimum absolute atomic E-state index is 0.0873. The van der Waals surface area contributed by atoms with E-state index >= 15 is 0 Å². The molecule has 1 heterocycles. The normalized spacial score (nSPS) is 13.0. The van der Waals surface area contributed by atoms with Crippen molar-refractivity contribution in [2.75, 3.05) is 13.7 Å². The molecule has 10 heteroatoms. The van der Waals surface area contributed by atoms with Crippen LogP contribution < -0.4 is 5.32 Å². The lowest BCUT2D eigenvalue weighted by Gasteiger charge is -2.15. The molecule has 1 unspecified atom stereocenters. The third-order valence-corrected chi connectivity index (χ3v) is 3.18. The number of para-hydroxylation sites is 2. The molecule has 2 aromatic rings. The first kappa shape index (κ1) is 17.7. The molecule has 2 N–H and O–H groups in total. The summed E-state index contributed by atoms with van der Waals surface area (Å²) in [5.41, 5.74) is 0.211. The maximum atomic E-state index is 13.1. The first-order valence-electron chi connectivity index (χ1n) is 6.77. The Labute approximate surface area is 134 Å². The van der Waals surface area contributed by atoms with Gasteiger partial charge in [-0.2, -0.15) is 13.2 Å². The van der Waals surface area contributed by atoms with Gasteiger partial charge in [0.2, 0.25) is 11.7 Å². The molecule has 0 aliphatic rings. The van der Waals surface area contributed by atoms with Crippen LogP contribution in [0.1, 0.15) is 5.82 Å². The molecule has 1 amide bonds. The Hall–Kier alpha value is -2.62. The fourth-order valence-electron chi connectivity index (χ4n) is 2.18. The van der Waals surface area contributed by atoms with Gasteiger partial charge >= 0.3 is 12.1 Å². The molecular formula is C14H14F3N3O4. The molecular weight excluding hydrogens is 331 g/mol. The number of hydrogen-bond acceptors (Lipinski definition) is 4. The Kier molecular flexibility index (Phi) is 5.07. The highest BCUT2D eigenvalue weighted by atomic mass is 19.4. The van der Waals surface area contributed by atoms with E-state index in [4.69, 9.17) is 5.11 Å². The van der Waals surface area contributed by atoms with E-state index in [-0.39, 0.29) is 17.6 Å². The number of carboxylic acids is 1. The number of aromatic nitrogens is 2. The van der Waals surface area contributed by atoms with Gasteiger partial charge in [-0.1, -0.05) is 12.1 Å². The van der Waals surface area contributed by atoms with Gasteiger partial charge < -0.3 is 19.7 Å². The maximum absolute atomic E-state index is 13.1. The minimum atomic E-state index is -4.75. The third-order valence-electron chi connectivity index (χ3n) is 3.18. The number of ether oxygens (including phenoxy) is 1. The summed E-state index contributed by atoms with van der Waals surface area (Å²) in [7, 11) is 1.24. The van der Waals surface area contributed by atoms with Crippen LogP contribution in [-0.2, 0) is 27.0 Å². The van der Waals surface area contributed by atoms with Crippen LogP contribution >= 0.6 is 0 Å². The molecule has 1 atom stereocenters. The monoisotopic (exact) mass is 345 g/mol. The van der Waals surface area contributed by atoms with Crippen LogP contribution in [0.3, 0.4) is 0 Å². The first-order valence-corrected chi connectivity index (χ1v) is 6.77. The van der Waals surface area contributed by atoms with Crippen LogP contribution in [0.25, 0.3) is 11.0 Å². The number of rotatable bonds is 6. The Morgan fingerprint density at radius 1 is 1.38 bits per heavy atom. The number of benzene rings is 1. The standard InChI is InChI=1S/C14H14F3N3O4/c1-24-7-9(12(22)23)18-11(21)6-20-10-5-3-2-4-8(10)19-13(20)14(15,16)17/h2-5,9H,6-7H2,1H3,(H,18,21)(H,22,23). The summed E-state index contributed by atoms with van der Waals surface area (Å²) in [5.74, 6) is -3.47. The van der Waals surface area contributed by atoms with Gasteiger partial charge in [0.25, 0.3) is 0 Å².